The van der Waals surface area contributed by atoms with Crippen molar-refractivity contribution in [2.45, 2.75) is 27.7 Å². The van der Waals surface area contributed by atoms with Crippen LogP contribution in [0.3, 0.4) is 0 Å². The summed E-state index contributed by atoms with van der Waals surface area (Å²) < 4.78 is 0. The van der Waals surface area contributed by atoms with E-state index in [1.807, 2.05) is 27.7 Å². The maximum atomic E-state index is 12.5. The molecular formula is C19H20ClNO2. The van der Waals surface area contributed by atoms with Crippen molar-refractivity contribution < 1.29 is 9.59 Å². The highest BCUT2D eigenvalue weighted by atomic mass is 35.5. The fourth-order valence-electron chi connectivity index (χ4n) is 2.39. The van der Waals surface area contributed by atoms with Crippen LogP contribution in [0, 0.1) is 11.8 Å². The van der Waals surface area contributed by atoms with Crippen LogP contribution in [-0.2, 0) is 4.79 Å². The van der Waals surface area contributed by atoms with Crippen LogP contribution in [0.15, 0.2) is 52.6 Å². The molecule has 4 heteroatoms. The van der Waals surface area contributed by atoms with E-state index in [9.17, 15) is 9.59 Å². The van der Waals surface area contributed by atoms with Crippen molar-refractivity contribution in [3.63, 3.8) is 0 Å². The average molecular weight is 330 g/mol. The van der Waals surface area contributed by atoms with Crippen LogP contribution in [0.5, 0.6) is 0 Å². The number of rotatable bonds is 3. The number of benzene rings is 1. The van der Waals surface area contributed by atoms with Crippen molar-refractivity contribution in [1.29, 1.82) is 0 Å². The lowest BCUT2D eigenvalue weighted by molar-refractivity contribution is -0.113. The number of ketones is 1. The van der Waals surface area contributed by atoms with Crippen LogP contribution in [0.25, 0.3) is 0 Å². The first-order chi connectivity index (χ1) is 10.8. The molecule has 0 bridgehead atoms. The largest absolute Gasteiger partial charge is 0.289 e. The number of carbonyl (C=O) groups excluding carboxylic acids is 2. The first-order valence-electron chi connectivity index (χ1n) is 7.66. The predicted molar refractivity (Wildman–Crippen MR) is 94.1 cm³/mol. The molecule has 0 radical (unpaired) electrons. The van der Waals surface area contributed by atoms with Crippen molar-refractivity contribution in [1.82, 2.24) is 0 Å². The molecule has 0 spiro atoms. The van der Waals surface area contributed by atoms with Crippen molar-refractivity contribution in [2.75, 3.05) is 0 Å². The van der Waals surface area contributed by atoms with E-state index in [-0.39, 0.29) is 17.6 Å². The fraction of sp³-hybridized carbons (Fsp3) is 0.316. The lowest BCUT2D eigenvalue weighted by Gasteiger charge is -2.19. The second-order valence-electron chi connectivity index (χ2n) is 6.16. The zero-order chi connectivity index (χ0) is 17.1. The van der Waals surface area contributed by atoms with Crippen molar-refractivity contribution >= 4 is 29.0 Å². The third-order valence-electron chi connectivity index (χ3n) is 3.71. The van der Waals surface area contributed by atoms with Gasteiger partial charge in [0.1, 0.15) is 0 Å². The van der Waals surface area contributed by atoms with E-state index in [0.29, 0.717) is 27.4 Å². The number of halogens is 1. The number of amides is 1. The molecule has 0 saturated heterocycles. The molecule has 120 valence electrons. The minimum Gasteiger partial charge on any atom is -0.289 e. The van der Waals surface area contributed by atoms with E-state index < -0.39 is 5.91 Å². The van der Waals surface area contributed by atoms with Crippen LogP contribution in [-0.4, -0.2) is 17.4 Å². The Labute approximate surface area is 141 Å². The summed E-state index contributed by atoms with van der Waals surface area (Å²) in [5.41, 5.74) is 2.23. The second kappa shape index (κ2) is 7.05. The van der Waals surface area contributed by atoms with Gasteiger partial charge >= 0.3 is 0 Å². The minimum atomic E-state index is -0.404. The molecule has 0 fully saturated rings. The molecule has 0 aliphatic heterocycles. The third-order valence-corrected chi connectivity index (χ3v) is 4.04. The Morgan fingerprint density at radius 1 is 1.00 bits per heavy atom. The van der Waals surface area contributed by atoms with Gasteiger partial charge in [-0.15, -0.1) is 0 Å². The molecule has 0 aromatic heterocycles. The third kappa shape index (κ3) is 3.85. The van der Waals surface area contributed by atoms with Crippen LogP contribution < -0.4 is 0 Å². The zero-order valence-electron chi connectivity index (χ0n) is 13.8. The Bertz CT molecular complexity index is 709. The summed E-state index contributed by atoms with van der Waals surface area (Å²) in [6.07, 6.45) is 3.40. The first kappa shape index (κ1) is 17.4. The standard InChI is InChI=1S/C19H20ClNO2/c1-11(2)15-9-13(10-16(12(3)4)18(15)22)21-19(23)14-7-5-6-8-17(14)20/h5-12H,1-4H3. The van der Waals surface area contributed by atoms with Crippen LogP contribution in [0.2, 0.25) is 5.02 Å². The molecule has 0 atom stereocenters. The van der Waals surface area contributed by atoms with Gasteiger partial charge in [-0.2, -0.15) is 0 Å². The monoisotopic (exact) mass is 329 g/mol. The average Bonchev–Trinajstić information content (AvgIpc) is 2.48. The summed E-state index contributed by atoms with van der Waals surface area (Å²) in [4.78, 5) is 29.0. The zero-order valence-corrected chi connectivity index (χ0v) is 14.5. The van der Waals surface area contributed by atoms with E-state index in [1.165, 1.54) is 0 Å². The topological polar surface area (TPSA) is 46.5 Å². The minimum absolute atomic E-state index is 0.0409. The number of Topliss-reactive ketones (excluding diaryl/α,β-unsaturated/α-hetero) is 1. The summed E-state index contributed by atoms with van der Waals surface area (Å²) in [6, 6.07) is 6.81. The van der Waals surface area contributed by atoms with E-state index >= 15 is 0 Å². The molecule has 2 rings (SSSR count). The summed E-state index contributed by atoms with van der Waals surface area (Å²) in [7, 11) is 0. The maximum absolute atomic E-state index is 12.5. The Balaban J connectivity index is 2.45. The molecule has 0 saturated carbocycles. The number of allylic oxidation sites excluding steroid dienone is 4. The summed E-state index contributed by atoms with van der Waals surface area (Å²) in [5.74, 6) is -0.214. The Hall–Kier alpha value is -2.00. The quantitative estimate of drug-likeness (QED) is 0.756. The number of hydrogen-bond acceptors (Lipinski definition) is 2. The second-order valence-corrected chi connectivity index (χ2v) is 6.57. The van der Waals surface area contributed by atoms with Gasteiger partial charge in [0.05, 0.1) is 16.3 Å². The Kier molecular flexibility index (Phi) is 5.32. The smallest absolute Gasteiger partial charge is 0.279 e. The molecule has 1 aromatic carbocycles. The van der Waals surface area contributed by atoms with Crippen molar-refractivity contribution in [2.24, 2.45) is 16.8 Å². The SMILES string of the molecule is CC(C)C1=CC(=NC(=O)c2ccccc2Cl)C=C(C(C)C)C1=O. The van der Waals surface area contributed by atoms with Crippen LogP contribution in [0.1, 0.15) is 38.1 Å². The van der Waals surface area contributed by atoms with Gasteiger partial charge in [0.25, 0.3) is 5.91 Å². The molecule has 1 aromatic rings. The van der Waals surface area contributed by atoms with Gasteiger partial charge in [-0.3, -0.25) is 9.59 Å². The number of aliphatic imine (C=N–C) groups is 1. The molecule has 1 aliphatic carbocycles. The summed E-state index contributed by atoms with van der Waals surface area (Å²) in [6.45, 7) is 7.84. The van der Waals surface area contributed by atoms with E-state index in [4.69, 9.17) is 11.6 Å². The molecule has 1 aliphatic rings. The van der Waals surface area contributed by atoms with Gasteiger partial charge in [0.2, 0.25) is 0 Å². The van der Waals surface area contributed by atoms with Crippen LogP contribution in [0.4, 0.5) is 0 Å². The number of nitrogens with zero attached hydrogens (tertiary/aromatic N) is 1. The van der Waals surface area contributed by atoms with Gasteiger partial charge in [-0.1, -0.05) is 51.4 Å². The van der Waals surface area contributed by atoms with Gasteiger partial charge < -0.3 is 0 Å². The highest BCUT2D eigenvalue weighted by molar-refractivity contribution is 6.34. The molecule has 3 nitrogen and oxygen atoms in total. The predicted octanol–water partition coefficient (Wildman–Crippen LogP) is 4.67. The first-order valence-corrected chi connectivity index (χ1v) is 8.04. The molecule has 1 amide bonds. The normalized spacial score (nSPS) is 14.9. The summed E-state index contributed by atoms with van der Waals surface area (Å²) in [5, 5.41) is 0.370. The van der Waals surface area contributed by atoms with Gasteiger partial charge in [0.15, 0.2) is 5.78 Å². The number of carbonyl (C=O) groups is 2. The van der Waals surface area contributed by atoms with E-state index in [0.717, 1.165) is 0 Å². The fourth-order valence-corrected chi connectivity index (χ4v) is 2.61. The van der Waals surface area contributed by atoms with E-state index in [1.54, 1.807) is 36.4 Å². The lowest BCUT2D eigenvalue weighted by atomic mass is 9.84. The molecule has 0 N–H and O–H groups in total. The highest BCUT2D eigenvalue weighted by Gasteiger charge is 2.25. The van der Waals surface area contributed by atoms with Crippen molar-refractivity contribution in [3.8, 4) is 0 Å². The molecule has 0 heterocycles. The lowest BCUT2D eigenvalue weighted by Crippen LogP contribution is -2.21. The van der Waals surface area contributed by atoms with Gasteiger partial charge in [-0.05, 0) is 36.1 Å². The Morgan fingerprint density at radius 2 is 1.52 bits per heavy atom. The van der Waals surface area contributed by atoms with Gasteiger partial charge in [-0.25, -0.2) is 4.99 Å². The highest BCUT2D eigenvalue weighted by Crippen LogP contribution is 2.25. The van der Waals surface area contributed by atoms with Crippen LogP contribution >= 0.6 is 11.6 Å². The summed E-state index contributed by atoms with van der Waals surface area (Å²) >= 11 is 6.04. The number of hydrogen-bond donors (Lipinski definition) is 0. The molecule has 0 unspecified atom stereocenters. The van der Waals surface area contributed by atoms with Crippen molar-refractivity contribution in [3.05, 3.63) is 58.1 Å². The molecule has 23 heavy (non-hydrogen) atoms. The molecular weight excluding hydrogens is 310 g/mol. The Morgan fingerprint density at radius 3 is 2.00 bits per heavy atom. The maximum Gasteiger partial charge on any atom is 0.279 e. The van der Waals surface area contributed by atoms with Gasteiger partial charge in [0, 0.05) is 11.1 Å². The van der Waals surface area contributed by atoms with E-state index in [2.05, 4.69) is 4.99 Å².